The van der Waals surface area contributed by atoms with Crippen LogP contribution in [0, 0.1) is 0 Å². The van der Waals surface area contributed by atoms with E-state index < -0.39 is 11.6 Å². The monoisotopic (exact) mass is 450 g/mol. The number of primary amides is 1. The van der Waals surface area contributed by atoms with Gasteiger partial charge in [0, 0.05) is 12.0 Å². The fraction of sp³-hybridized carbons (Fsp3) is 0.450. The van der Waals surface area contributed by atoms with E-state index in [1.54, 1.807) is 13.8 Å². The van der Waals surface area contributed by atoms with E-state index in [-0.39, 0.29) is 12.4 Å². The van der Waals surface area contributed by atoms with E-state index in [2.05, 4.69) is 16.4 Å². The maximum Gasteiger partial charge on any atom is 0.316 e. The fourth-order valence-corrected chi connectivity index (χ4v) is 5.23. The number of urea groups is 1. The van der Waals surface area contributed by atoms with Crippen molar-refractivity contribution in [2.75, 3.05) is 5.32 Å². The van der Waals surface area contributed by atoms with Crippen molar-refractivity contribution in [3.8, 4) is 0 Å². The number of carbonyl (C=O) groups is 2. The van der Waals surface area contributed by atoms with Crippen LogP contribution in [0.3, 0.4) is 0 Å². The molecule has 8 nitrogen and oxygen atoms in total. The quantitative estimate of drug-likeness (QED) is 0.449. The van der Waals surface area contributed by atoms with Crippen molar-refractivity contribution in [3.63, 3.8) is 0 Å². The summed E-state index contributed by atoms with van der Waals surface area (Å²) in [5.74, 6) is 0.124. The number of nitrogens with two attached hydrogens (primary N) is 2. The van der Waals surface area contributed by atoms with Crippen LogP contribution in [0.4, 0.5) is 10.5 Å². The molecule has 2 aliphatic rings. The molecule has 162 valence electrons. The first-order valence-electron chi connectivity index (χ1n) is 9.63. The Labute approximate surface area is 183 Å². The highest BCUT2D eigenvalue weighted by Gasteiger charge is 2.29. The number of hydrogen-bond acceptors (Lipinski definition) is 8. The number of nitrogens with one attached hydrogen (secondary N) is 1. The number of fused-ring (bicyclic) bond motifs is 2. The van der Waals surface area contributed by atoms with Gasteiger partial charge in [-0.1, -0.05) is 6.07 Å². The Morgan fingerprint density at radius 3 is 2.60 bits per heavy atom. The van der Waals surface area contributed by atoms with Crippen molar-refractivity contribution in [2.45, 2.75) is 62.4 Å². The van der Waals surface area contributed by atoms with Gasteiger partial charge >= 0.3 is 6.03 Å². The molecule has 1 heterocycles. The zero-order chi connectivity index (χ0) is 22.1. The molecule has 0 fully saturated rings. The number of benzene rings is 1. The van der Waals surface area contributed by atoms with E-state index in [0.29, 0.717) is 28.4 Å². The molecule has 2 amide bonds. The smallest absolute Gasteiger partial charge is 0.316 e. The van der Waals surface area contributed by atoms with E-state index in [9.17, 15) is 14.7 Å². The predicted molar refractivity (Wildman–Crippen MR) is 118 cm³/mol. The highest BCUT2D eigenvalue weighted by molar-refractivity contribution is 7.99. The molecule has 0 radical (unpaired) electrons. The van der Waals surface area contributed by atoms with Crippen LogP contribution in [0.1, 0.15) is 64.4 Å². The van der Waals surface area contributed by atoms with Gasteiger partial charge in [0.1, 0.15) is 14.8 Å². The third-order valence-electron chi connectivity index (χ3n) is 5.07. The molecular formula is C20H26N4O4S2. The minimum absolute atomic E-state index is 0.124. The number of hydrogen-bond donors (Lipinski definition) is 5. The lowest BCUT2D eigenvalue weighted by Gasteiger charge is -2.13. The lowest BCUT2D eigenvalue weighted by Crippen LogP contribution is -2.22. The second kappa shape index (κ2) is 9.03. The lowest BCUT2D eigenvalue weighted by molar-refractivity contribution is 0.0778. The van der Waals surface area contributed by atoms with Gasteiger partial charge in [0.25, 0.3) is 0 Å². The molecule has 0 saturated heterocycles. The number of nitrogens with zero attached hydrogens (tertiary/aromatic N) is 1. The molecule has 0 atom stereocenters. The zero-order valence-corrected chi connectivity index (χ0v) is 18.6. The van der Waals surface area contributed by atoms with Crippen LogP contribution < -0.4 is 16.2 Å². The normalized spacial score (nSPS) is 14.8. The second-order valence-electron chi connectivity index (χ2n) is 7.78. The van der Waals surface area contributed by atoms with E-state index in [4.69, 9.17) is 16.0 Å². The number of aryl methyl sites for hydroxylation is 2. The van der Waals surface area contributed by atoms with Crippen LogP contribution >= 0.6 is 23.3 Å². The van der Waals surface area contributed by atoms with Gasteiger partial charge < -0.3 is 21.3 Å². The summed E-state index contributed by atoms with van der Waals surface area (Å²) in [5, 5.41) is 27.2. The molecular weight excluding hydrogens is 424 g/mol. The molecule has 2 aliphatic carbocycles. The summed E-state index contributed by atoms with van der Waals surface area (Å²) in [6.07, 6.45) is 4.37. The lowest BCUT2D eigenvalue weighted by atomic mass is 9.98. The van der Waals surface area contributed by atoms with Crippen LogP contribution in [0.25, 0.3) is 0 Å². The Hall–Kier alpha value is -1.98. The molecule has 1 aromatic heterocycles. The number of aliphatic hydroxyl groups is 2. The van der Waals surface area contributed by atoms with Crippen LogP contribution in [0.5, 0.6) is 0 Å². The van der Waals surface area contributed by atoms with Gasteiger partial charge in [0.2, 0.25) is 0 Å². The van der Waals surface area contributed by atoms with Crippen molar-refractivity contribution < 1.29 is 19.8 Å². The van der Waals surface area contributed by atoms with Gasteiger partial charge in [0.05, 0.1) is 18.0 Å². The molecule has 0 spiro atoms. The van der Waals surface area contributed by atoms with Gasteiger partial charge in [0.15, 0.2) is 5.78 Å². The first-order chi connectivity index (χ1) is 14.2. The SMILES string of the molecule is CC(C)(O)c1nc(CO)c(SN)s1.NC(=O)Nc1c2c(cc3c1C(=O)CC3)CCC2. The average Bonchev–Trinajstić information content (AvgIpc) is 3.39. The molecule has 7 N–H and O–H groups in total. The van der Waals surface area contributed by atoms with Crippen LogP contribution in [-0.4, -0.2) is 27.0 Å². The Balaban J connectivity index is 0.000000178. The first-order valence-corrected chi connectivity index (χ1v) is 11.3. The predicted octanol–water partition coefficient (Wildman–Crippen LogP) is 2.62. The van der Waals surface area contributed by atoms with Crippen molar-refractivity contribution >= 4 is 40.8 Å². The van der Waals surface area contributed by atoms with Crippen LogP contribution in [-0.2, 0) is 31.5 Å². The Morgan fingerprint density at radius 2 is 2.03 bits per heavy atom. The number of thiazole rings is 1. The third-order valence-corrected chi connectivity index (χ3v) is 7.27. The van der Waals surface area contributed by atoms with Gasteiger partial charge in [-0.15, -0.1) is 11.3 Å². The molecule has 0 aliphatic heterocycles. The fourth-order valence-electron chi connectivity index (χ4n) is 3.75. The maximum absolute atomic E-state index is 11.9. The van der Waals surface area contributed by atoms with Crippen molar-refractivity contribution in [1.29, 1.82) is 0 Å². The molecule has 30 heavy (non-hydrogen) atoms. The third kappa shape index (κ3) is 4.68. The van der Waals surface area contributed by atoms with Crippen LogP contribution in [0.15, 0.2) is 10.3 Å². The Morgan fingerprint density at radius 1 is 1.30 bits per heavy atom. The van der Waals surface area contributed by atoms with Crippen molar-refractivity contribution in [2.24, 2.45) is 10.9 Å². The number of anilines is 1. The number of Topliss-reactive ketones (excluding diaryl/α,β-unsaturated/α-hetero) is 1. The summed E-state index contributed by atoms with van der Waals surface area (Å²) in [4.78, 5) is 27.0. The summed E-state index contributed by atoms with van der Waals surface area (Å²) in [6, 6.07) is 1.54. The molecule has 0 unspecified atom stereocenters. The van der Waals surface area contributed by atoms with E-state index in [1.807, 2.05) is 0 Å². The summed E-state index contributed by atoms with van der Waals surface area (Å²) in [5.41, 5.74) is 9.59. The van der Waals surface area contributed by atoms with E-state index in [1.165, 1.54) is 16.9 Å². The number of rotatable bonds is 4. The largest absolute Gasteiger partial charge is 0.390 e. The van der Waals surface area contributed by atoms with Gasteiger partial charge in [-0.2, -0.15) is 0 Å². The summed E-state index contributed by atoms with van der Waals surface area (Å²) >= 11 is 2.35. The highest BCUT2D eigenvalue weighted by atomic mass is 32.2. The summed E-state index contributed by atoms with van der Waals surface area (Å²) in [7, 11) is 0. The van der Waals surface area contributed by atoms with E-state index >= 15 is 0 Å². The van der Waals surface area contributed by atoms with Gasteiger partial charge in [-0.05, 0) is 68.2 Å². The zero-order valence-electron chi connectivity index (χ0n) is 16.9. The molecule has 1 aromatic carbocycles. The van der Waals surface area contributed by atoms with Gasteiger partial charge in [-0.25, -0.2) is 9.78 Å². The molecule has 0 bridgehead atoms. The van der Waals surface area contributed by atoms with Crippen molar-refractivity contribution in [1.82, 2.24) is 4.98 Å². The second-order valence-corrected chi connectivity index (χ2v) is 9.68. The standard InChI is InChI=1S/C13H14N2O2.C7H12N2O2S2/c14-13(17)15-12-9-3-1-2-7(9)6-8-4-5-10(16)11(8)12;1-7(2,11)6-9-4(3-10)5(12-6)13-8/h6H,1-5H2,(H3,14,15,17);10-11H,3,8H2,1-2H3. The minimum atomic E-state index is -0.970. The maximum atomic E-state index is 11.9. The highest BCUT2D eigenvalue weighted by Crippen LogP contribution is 2.38. The van der Waals surface area contributed by atoms with E-state index in [0.717, 1.165) is 53.0 Å². The molecule has 4 rings (SSSR count). The number of aliphatic hydroxyl groups excluding tert-OH is 1. The molecule has 0 saturated carbocycles. The molecule has 10 heteroatoms. The minimum Gasteiger partial charge on any atom is -0.390 e. The number of amides is 2. The number of aromatic nitrogens is 1. The van der Waals surface area contributed by atoms with Gasteiger partial charge in [-0.3, -0.25) is 9.93 Å². The Bertz CT molecular complexity index is 961. The first kappa shape index (κ1) is 22.7. The molecule has 2 aromatic rings. The topological polar surface area (TPSA) is 152 Å². The number of ketones is 1. The number of carbonyl (C=O) groups excluding carboxylic acids is 2. The average molecular weight is 451 g/mol. The Kier molecular flexibility index (Phi) is 6.83. The van der Waals surface area contributed by atoms with Crippen LogP contribution in [0.2, 0.25) is 0 Å². The summed E-state index contributed by atoms with van der Waals surface area (Å²) < 4.78 is 0.750. The van der Waals surface area contributed by atoms with Crippen molar-refractivity contribution in [3.05, 3.63) is 39.0 Å². The summed E-state index contributed by atoms with van der Waals surface area (Å²) in [6.45, 7) is 3.15.